The number of nitrogens with two attached hydrogens (primary N) is 1. The van der Waals surface area contributed by atoms with Crippen molar-refractivity contribution in [2.24, 2.45) is 11.7 Å². The van der Waals surface area contributed by atoms with Crippen LogP contribution in [-0.2, 0) is 12.8 Å². The molecule has 0 radical (unpaired) electrons. The molecule has 0 spiro atoms. The average molecular weight is 192 g/mol. The molecule has 1 aliphatic carbocycles. The van der Waals surface area contributed by atoms with Crippen molar-refractivity contribution in [3.05, 3.63) is 35.1 Å². The van der Waals surface area contributed by atoms with E-state index in [1.165, 1.54) is 6.07 Å². The number of rotatable bonds is 1. The number of fused-ring (bicyclic) bond motifs is 1. The molecule has 0 heterocycles. The molecule has 74 valence electrons. The molecule has 1 aromatic carbocycles. The van der Waals surface area contributed by atoms with Gasteiger partial charge in [0.15, 0.2) is 0 Å². The lowest BCUT2D eigenvalue weighted by Crippen LogP contribution is -2.28. The smallest absolute Gasteiger partial charge is 0.126 e. The lowest BCUT2D eigenvalue weighted by molar-refractivity contribution is 0.533. The molecule has 2 nitrogen and oxygen atoms in total. The molecule has 0 aromatic heterocycles. The lowest BCUT2D eigenvalue weighted by atomic mass is 9.83. The Morgan fingerprint density at radius 1 is 1.50 bits per heavy atom. The van der Waals surface area contributed by atoms with E-state index in [1.807, 2.05) is 6.07 Å². The molecule has 1 aromatic rings. The Balaban J connectivity index is 2.33. The Morgan fingerprint density at radius 2 is 2.29 bits per heavy atom. The number of hydrogen-bond donors (Lipinski definition) is 2. The van der Waals surface area contributed by atoms with Crippen molar-refractivity contribution in [2.45, 2.75) is 19.3 Å². The fraction of sp³-hybridized carbons (Fsp3) is 0.364. The van der Waals surface area contributed by atoms with Gasteiger partial charge in [-0.05, 0) is 36.5 Å². The Labute approximate surface area is 82.4 Å². The molecule has 1 atom stereocenters. The van der Waals surface area contributed by atoms with E-state index in [0.29, 0.717) is 6.42 Å². The summed E-state index contributed by atoms with van der Waals surface area (Å²) in [7, 11) is 0. The van der Waals surface area contributed by atoms with Crippen molar-refractivity contribution in [3.63, 3.8) is 0 Å². The van der Waals surface area contributed by atoms with Crippen molar-refractivity contribution in [2.75, 3.05) is 0 Å². The quantitative estimate of drug-likeness (QED) is 0.518. The highest BCUT2D eigenvalue weighted by atomic mass is 19.1. The first kappa shape index (κ1) is 9.19. The van der Waals surface area contributed by atoms with Crippen LogP contribution in [0.25, 0.3) is 0 Å². The number of nitrogens with one attached hydrogen (secondary N) is 1. The maximum absolute atomic E-state index is 13.4. The van der Waals surface area contributed by atoms with Gasteiger partial charge in [0, 0.05) is 5.92 Å². The second kappa shape index (κ2) is 3.40. The number of aryl methyl sites for hydroxylation is 1. The monoisotopic (exact) mass is 192 g/mol. The molecule has 1 unspecified atom stereocenters. The minimum atomic E-state index is -0.159. The Kier molecular flexibility index (Phi) is 2.23. The highest BCUT2D eigenvalue weighted by Gasteiger charge is 2.22. The molecule has 0 fully saturated rings. The van der Waals surface area contributed by atoms with Crippen LogP contribution in [0, 0.1) is 17.1 Å². The normalized spacial score (nSPS) is 20.2. The summed E-state index contributed by atoms with van der Waals surface area (Å²) < 4.78 is 13.4. The van der Waals surface area contributed by atoms with Gasteiger partial charge in [0.1, 0.15) is 5.82 Å². The van der Waals surface area contributed by atoms with Crippen LogP contribution < -0.4 is 5.73 Å². The molecule has 3 N–H and O–H groups in total. The second-order valence-electron chi connectivity index (χ2n) is 3.77. The van der Waals surface area contributed by atoms with E-state index in [-0.39, 0.29) is 17.6 Å². The van der Waals surface area contributed by atoms with E-state index < -0.39 is 0 Å². The summed E-state index contributed by atoms with van der Waals surface area (Å²) in [6.07, 6.45) is 2.28. The van der Waals surface area contributed by atoms with Crippen LogP contribution >= 0.6 is 0 Å². The standard InChI is InChI=1S/C11H13FN2/c12-10-3-1-2-7-4-5-8(11(13)14)6-9(7)10/h1-3,8H,4-6H2,(H3,13,14). The van der Waals surface area contributed by atoms with Crippen molar-refractivity contribution in [1.82, 2.24) is 0 Å². The molecule has 3 heteroatoms. The Bertz CT molecular complexity index is 374. The van der Waals surface area contributed by atoms with Crippen LogP contribution in [0.2, 0.25) is 0 Å². The Morgan fingerprint density at radius 3 is 3.00 bits per heavy atom. The van der Waals surface area contributed by atoms with Gasteiger partial charge >= 0.3 is 0 Å². The van der Waals surface area contributed by atoms with E-state index >= 15 is 0 Å². The highest BCUT2D eigenvalue weighted by molar-refractivity contribution is 5.80. The summed E-state index contributed by atoms with van der Waals surface area (Å²) in [5.41, 5.74) is 7.26. The molecule has 14 heavy (non-hydrogen) atoms. The highest BCUT2D eigenvalue weighted by Crippen LogP contribution is 2.27. The molecule has 0 amide bonds. The molecular formula is C11H13FN2. The predicted molar refractivity (Wildman–Crippen MR) is 53.8 cm³/mol. The van der Waals surface area contributed by atoms with Gasteiger partial charge in [0.05, 0.1) is 5.84 Å². The molecule has 2 rings (SSSR count). The fourth-order valence-electron chi connectivity index (χ4n) is 2.01. The van der Waals surface area contributed by atoms with Crippen LogP contribution in [0.4, 0.5) is 4.39 Å². The first-order valence-electron chi connectivity index (χ1n) is 4.78. The minimum absolute atomic E-state index is 0.0272. The van der Waals surface area contributed by atoms with Gasteiger partial charge in [-0.25, -0.2) is 4.39 Å². The van der Waals surface area contributed by atoms with Crippen LogP contribution in [0.5, 0.6) is 0 Å². The SMILES string of the molecule is N=C(N)C1CCc2cccc(F)c2C1. The van der Waals surface area contributed by atoms with Crippen LogP contribution in [-0.4, -0.2) is 5.84 Å². The molecule has 0 saturated carbocycles. The predicted octanol–water partition coefficient (Wildman–Crippen LogP) is 1.87. The summed E-state index contributed by atoms with van der Waals surface area (Å²) in [5, 5.41) is 7.36. The van der Waals surface area contributed by atoms with Crippen molar-refractivity contribution >= 4 is 5.84 Å². The lowest BCUT2D eigenvalue weighted by Gasteiger charge is -2.23. The van der Waals surface area contributed by atoms with Gasteiger partial charge in [-0.3, -0.25) is 5.41 Å². The third-order valence-corrected chi connectivity index (χ3v) is 2.87. The Hall–Kier alpha value is -1.38. The molecule has 1 aliphatic rings. The third-order valence-electron chi connectivity index (χ3n) is 2.87. The van der Waals surface area contributed by atoms with E-state index in [0.717, 1.165) is 24.0 Å². The second-order valence-corrected chi connectivity index (χ2v) is 3.77. The maximum Gasteiger partial charge on any atom is 0.126 e. The van der Waals surface area contributed by atoms with Gasteiger partial charge in [0.25, 0.3) is 0 Å². The zero-order valence-corrected chi connectivity index (χ0v) is 7.89. The minimum Gasteiger partial charge on any atom is -0.387 e. The molecule has 0 saturated heterocycles. The largest absolute Gasteiger partial charge is 0.387 e. The molecule has 0 aliphatic heterocycles. The molecular weight excluding hydrogens is 179 g/mol. The van der Waals surface area contributed by atoms with Gasteiger partial charge < -0.3 is 5.73 Å². The van der Waals surface area contributed by atoms with Crippen molar-refractivity contribution in [3.8, 4) is 0 Å². The van der Waals surface area contributed by atoms with Crippen LogP contribution in [0.15, 0.2) is 18.2 Å². The van der Waals surface area contributed by atoms with Crippen molar-refractivity contribution < 1.29 is 4.39 Å². The number of hydrogen-bond acceptors (Lipinski definition) is 1. The van der Waals surface area contributed by atoms with Gasteiger partial charge in [-0.15, -0.1) is 0 Å². The summed E-state index contributed by atoms with van der Waals surface area (Å²) in [4.78, 5) is 0. The summed E-state index contributed by atoms with van der Waals surface area (Å²) in [6, 6.07) is 5.17. The average Bonchev–Trinajstić information content (AvgIpc) is 2.18. The fourth-order valence-corrected chi connectivity index (χ4v) is 2.01. The first-order valence-corrected chi connectivity index (χ1v) is 4.78. The van der Waals surface area contributed by atoms with E-state index in [4.69, 9.17) is 11.1 Å². The summed E-state index contributed by atoms with van der Waals surface area (Å²) in [5.74, 6) is 0.0479. The van der Waals surface area contributed by atoms with E-state index in [9.17, 15) is 4.39 Å². The number of halogens is 1. The van der Waals surface area contributed by atoms with Gasteiger partial charge in [0.2, 0.25) is 0 Å². The maximum atomic E-state index is 13.4. The van der Waals surface area contributed by atoms with Crippen LogP contribution in [0.1, 0.15) is 17.5 Å². The number of benzene rings is 1. The summed E-state index contributed by atoms with van der Waals surface area (Å²) in [6.45, 7) is 0. The topological polar surface area (TPSA) is 49.9 Å². The van der Waals surface area contributed by atoms with Gasteiger partial charge in [-0.1, -0.05) is 12.1 Å². The third kappa shape index (κ3) is 1.50. The summed E-state index contributed by atoms with van der Waals surface area (Å²) >= 11 is 0. The zero-order valence-electron chi connectivity index (χ0n) is 7.89. The van der Waals surface area contributed by atoms with E-state index in [2.05, 4.69) is 0 Å². The first-order chi connectivity index (χ1) is 6.68. The van der Waals surface area contributed by atoms with Gasteiger partial charge in [-0.2, -0.15) is 0 Å². The van der Waals surface area contributed by atoms with Crippen molar-refractivity contribution in [1.29, 1.82) is 5.41 Å². The molecule has 0 bridgehead atoms. The zero-order chi connectivity index (χ0) is 10.1. The van der Waals surface area contributed by atoms with E-state index in [1.54, 1.807) is 6.07 Å². The number of amidine groups is 1. The van der Waals surface area contributed by atoms with Crippen LogP contribution in [0.3, 0.4) is 0 Å².